The van der Waals surface area contributed by atoms with Gasteiger partial charge in [0.1, 0.15) is 5.54 Å². The monoisotopic (exact) mass is 479 g/mol. The van der Waals surface area contributed by atoms with Crippen molar-refractivity contribution in [3.8, 4) is 0 Å². The SMILES string of the molecule is CC(=O)NC(C)(C)C(=O)N1CC[N-]CC1.[Rf]. The molecule has 0 aromatic carbocycles. The van der Waals surface area contributed by atoms with Crippen LogP contribution in [0.4, 0.5) is 0 Å². The summed E-state index contributed by atoms with van der Waals surface area (Å²) in [6.07, 6.45) is 0. The Kier molecular flexibility index (Phi) is 4.44. The summed E-state index contributed by atoms with van der Waals surface area (Å²) in [4.78, 5) is 24.7. The van der Waals surface area contributed by atoms with Crippen molar-refractivity contribution >= 4 is 11.8 Å². The predicted octanol–water partition coefficient (Wildman–Crippen LogP) is 0.117. The first-order chi connectivity index (χ1) is 6.93. The Bertz CT molecular complexity index is 263. The Morgan fingerprint density at radius 1 is 1.25 bits per heavy atom. The van der Waals surface area contributed by atoms with Gasteiger partial charge in [0, 0.05) is 20.0 Å². The molecule has 1 fully saturated rings. The zero-order valence-electron chi connectivity index (χ0n) is 10.2. The topological polar surface area (TPSA) is 63.5 Å². The largest absolute Gasteiger partial charge is 0.659 e. The molecule has 0 bridgehead atoms. The molecule has 0 radical (unpaired) electrons. The molecule has 6 heteroatoms. The summed E-state index contributed by atoms with van der Waals surface area (Å²) in [6.45, 7) is 7.57. The number of nitrogens with zero attached hydrogens (tertiary/aromatic N) is 2. The summed E-state index contributed by atoms with van der Waals surface area (Å²) < 4.78 is 0. The molecule has 1 heterocycles. The van der Waals surface area contributed by atoms with E-state index >= 15 is 0 Å². The number of rotatable bonds is 2. The number of carbonyl (C=O) groups excluding carboxylic acids is 2. The Morgan fingerprint density at radius 2 is 1.75 bits per heavy atom. The number of hydrogen-bond donors (Lipinski definition) is 1. The minimum Gasteiger partial charge on any atom is -0.659 e. The molecule has 88 valence electrons. The summed E-state index contributed by atoms with van der Waals surface area (Å²) in [5, 5.41) is 6.83. The molecule has 0 aromatic rings. The van der Waals surface area contributed by atoms with Gasteiger partial charge in [-0.25, -0.2) is 0 Å². The van der Waals surface area contributed by atoms with E-state index in [1.165, 1.54) is 6.92 Å². The van der Waals surface area contributed by atoms with Gasteiger partial charge in [-0.1, -0.05) is 0 Å². The molecular weight excluding hydrogens is 461 g/mol. The molecular formula is C10H18N3O2Rf-. The molecule has 0 saturated carbocycles. The van der Waals surface area contributed by atoms with E-state index in [9.17, 15) is 9.59 Å². The van der Waals surface area contributed by atoms with Crippen molar-refractivity contribution in [3.63, 3.8) is 0 Å². The molecule has 1 saturated heterocycles. The molecule has 1 aliphatic rings. The maximum absolute atomic E-state index is 12.0. The Hall–Kier alpha value is -2.10. The van der Waals surface area contributed by atoms with E-state index in [0.717, 1.165) is 0 Å². The van der Waals surface area contributed by atoms with Crippen LogP contribution in [0.15, 0.2) is 0 Å². The maximum Gasteiger partial charge on any atom is 0.247 e. The Balaban J connectivity index is 0.00000225. The summed E-state index contributed by atoms with van der Waals surface area (Å²) >= 11 is 0. The normalized spacial score (nSPS) is 16.3. The third kappa shape index (κ3) is 3.24. The van der Waals surface area contributed by atoms with Gasteiger partial charge in [0.25, 0.3) is 0 Å². The van der Waals surface area contributed by atoms with Gasteiger partial charge in [-0.05, 0) is 13.8 Å². The third-order valence-corrected chi connectivity index (χ3v) is 2.37. The first-order valence-corrected chi connectivity index (χ1v) is 5.15. The van der Waals surface area contributed by atoms with Crippen molar-refractivity contribution in [1.82, 2.24) is 10.2 Å². The summed E-state index contributed by atoms with van der Waals surface area (Å²) in [7, 11) is 0. The molecule has 2 amide bonds. The Labute approximate surface area is 90.2 Å². The molecule has 1 aliphatic heterocycles. The average molecular weight is 479 g/mol. The first-order valence-electron chi connectivity index (χ1n) is 5.15. The van der Waals surface area contributed by atoms with E-state index in [4.69, 9.17) is 0 Å². The van der Waals surface area contributed by atoms with Gasteiger partial charge in [0.2, 0.25) is 11.8 Å². The second-order valence-electron chi connectivity index (χ2n) is 4.27. The van der Waals surface area contributed by atoms with Gasteiger partial charge >= 0.3 is 0 Å². The predicted molar refractivity (Wildman–Crippen MR) is 57.6 cm³/mol. The van der Waals surface area contributed by atoms with Crippen LogP contribution in [0.5, 0.6) is 0 Å². The molecule has 5 nitrogen and oxygen atoms in total. The standard InChI is InChI=1S/C10H18N3O2.Rf/c1-8(14)12-10(2,3)9(15)13-6-4-11-5-7-13;/h4-7H2,1-3H3,(H,12,14);/q-1;. The van der Waals surface area contributed by atoms with Gasteiger partial charge in [0.15, 0.2) is 0 Å². The average Bonchev–Trinajstić information content (AvgIpc) is 2.16. The van der Waals surface area contributed by atoms with Crippen LogP contribution in [0, 0.1) is 0 Å². The van der Waals surface area contributed by atoms with Crippen molar-refractivity contribution < 1.29 is 9.59 Å². The second-order valence-corrected chi connectivity index (χ2v) is 4.27. The molecule has 0 unspecified atom stereocenters. The number of piperazine rings is 1. The van der Waals surface area contributed by atoms with Crippen molar-refractivity contribution in [3.05, 3.63) is 5.32 Å². The third-order valence-electron chi connectivity index (χ3n) is 2.37. The Morgan fingerprint density at radius 3 is 2.19 bits per heavy atom. The van der Waals surface area contributed by atoms with Crippen molar-refractivity contribution in [2.75, 3.05) is 26.2 Å². The summed E-state index contributed by atoms with van der Waals surface area (Å²) in [5.41, 5.74) is -0.816. The number of carbonyl (C=O) groups is 2. The summed E-state index contributed by atoms with van der Waals surface area (Å²) in [6, 6.07) is 0. The van der Waals surface area contributed by atoms with Crippen molar-refractivity contribution in [2.45, 2.75) is 26.3 Å². The van der Waals surface area contributed by atoms with Crippen molar-refractivity contribution in [2.24, 2.45) is 0 Å². The van der Waals surface area contributed by atoms with E-state index in [0.29, 0.717) is 26.2 Å². The smallest absolute Gasteiger partial charge is 0.247 e. The van der Waals surface area contributed by atoms with E-state index in [1.807, 2.05) is 0 Å². The second kappa shape index (κ2) is 5.11. The van der Waals surface area contributed by atoms with Crippen LogP contribution >= 0.6 is 0 Å². The number of hydrogen-bond acceptors (Lipinski definition) is 2. The first kappa shape index (κ1) is 13.9. The van der Waals surface area contributed by atoms with Crippen molar-refractivity contribution in [1.29, 1.82) is 0 Å². The van der Waals surface area contributed by atoms with Crippen LogP contribution in [0.25, 0.3) is 5.32 Å². The van der Waals surface area contributed by atoms with E-state index in [1.54, 1.807) is 18.7 Å². The van der Waals surface area contributed by atoms with Gasteiger partial charge in [0.05, 0.1) is 0 Å². The quantitative estimate of drug-likeness (QED) is 0.612. The van der Waals surface area contributed by atoms with Gasteiger partial charge < -0.3 is 15.5 Å². The minimum atomic E-state index is -0.816. The van der Waals surface area contributed by atoms with E-state index in [2.05, 4.69) is 10.6 Å². The fraction of sp³-hybridized carbons (Fsp3) is 0.800. The van der Waals surface area contributed by atoms with Gasteiger partial charge in [-0.3, -0.25) is 9.59 Å². The van der Waals surface area contributed by atoms with Gasteiger partial charge in [-0.15, -0.1) is 13.1 Å². The van der Waals surface area contributed by atoms with Crippen LogP contribution in [-0.4, -0.2) is 48.4 Å². The van der Waals surface area contributed by atoms with E-state index < -0.39 is 5.54 Å². The molecule has 1 rings (SSSR count). The fourth-order valence-electron chi connectivity index (χ4n) is 1.70. The number of amides is 2. The van der Waals surface area contributed by atoms with E-state index in [-0.39, 0.29) is 11.8 Å². The zero-order valence-corrected chi connectivity index (χ0v) is 16.6. The fourth-order valence-corrected chi connectivity index (χ4v) is 1.70. The molecule has 0 aliphatic carbocycles. The molecule has 1 N–H and O–H groups in total. The molecule has 0 spiro atoms. The van der Waals surface area contributed by atoms with Crippen LogP contribution in [-0.2, 0) is 9.59 Å². The molecule has 0 atom stereocenters. The van der Waals surface area contributed by atoms with Crippen LogP contribution in [0.1, 0.15) is 20.8 Å². The van der Waals surface area contributed by atoms with Gasteiger partial charge in [-0.2, -0.15) is 0 Å². The van der Waals surface area contributed by atoms with Crippen LogP contribution in [0.3, 0.4) is 0 Å². The van der Waals surface area contributed by atoms with Crippen LogP contribution < -0.4 is 5.32 Å². The van der Waals surface area contributed by atoms with Crippen LogP contribution in [0.2, 0.25) is 0 Å². The molecule has 16 heavy (non-hydrogen) atoms. The minimum absolute atomic E-state index is 0. The molecule has 0 aromatic heterocycles. The zero-order chi connectivity index (χ0) is 11.5. The summed E-state index contributed by atoms with van der Waals surface area (Å²) in [5.74, 6) is -0.220. The maximum atomic E-state index is 12.0. The number of nitrogens with one attached hydrogen (secondary N) is 1.